The largest absolute Gasteiger partial charge is 0.508 e. The number of hydrogen-bond acceptors (Lipinski definition) is 6. The van der Waals surface area contributed by atoms with Gasteiger partial charge in [-0.1, -0.05) is 76.2 Å². The highest BCUT2D eigenvalue weighted by Gasteiger charge is 2.33. The Balaban J connectivity index is 1.64. The molecule has 0 amide bonds. The van der Waals surface area contributed by atoms with E-state index in [2.05, 4.69) is 5.09 Å². The molecule has 0 saturated carbocycles. The Kier molecular flexibility index (Phi) is 10.4. The second-order valence-corrected chi connectivity index (χ2v) is 13.8. The number of fused-ring (bicyclic) bond motifs is 1. The maximum Gasteiger partial charge on any atom is 0.354 e. The van der Waals surface area contributed by atoms with Crippen LogP contribution < -0.4 is 14.3 Å². The predicted octanol–water partition coefficient (Wildman–Crippen LogP) is 9.19. The van der Waals surface area contributed by atoms with Gasteiger partial charge in [-0.2, -0.15) is 0 Å². The molecular weight excluding hydrogens is 585 g/mol. The second kappa shape index (κ2) is 15.0. The zero-order valence-corrected chi connectivity index (χ0v) is 28.1. The molecule has 0 aliphatic heterocycles. The Morgan fingerprint density at radius 2 is 1.62 bits per heavy atom. The third kappa shape index (κ3) is 8.68. The topological polar surface area (TPSA) is 94.1 Å². The Morgan fingerprint density at radius 1 is 0.956 bits per heavy atom. The first-order chi connectivity index (χ1) is 22.2. The minimum Gasteiger partial charge on any atom is -0.508 e. The summed E-state index contributed by atoms with van der Waals surface area (Å²) in [5.74, 6) is 0.387. The van der Waals surface area contributed by atoms with E-state index >= 15 is 0 Å². The van der Waals surface area contributed by atoms with E-state index in [9.17, 15) is 14.5 Å². The predicted molar refractivity (Wildman–Crippen MR) is 182 cm³/mol. The van der Waals surface area contributed by atoms with Gasteiger partial charge in [0.25, 0.3) is 0 Å². The smallest absolute Gasteiger partial charge is 0.354 e. The summed E-state index contributed by atoms with van der Waals surface area (Å²) in [6.45, 7) is 13.0. The minimum absolute atomic E-state index is 0.0217. The molecule has 0 spiro atoms. The van der Waals surface area contributed by atoms with E-state index in [0.717, 1.165) is 10.8 Å². The van der Waals surface area contributed by atoms with Crippen molar-refractivity contribution in [1.29, 1.82) is 0 Å². The maximum absolute atomic E-state index is 14.5. The normalized spacial score (nSPS) is 14.5. The Bertz CT molecular complexity index is 1740. The molecule has 0 radical (unpaired) electrons. The molecule has 0 bridgehead atoms. The van der Waals surface area contributed by atoms with Crippen molar-refractivity contribution < 1.29 is 31.2 Å². The molecule has 4 rings (SSSR count). The van der Waals surface area contributed by atoms with E-state index in [1.165, 1.54) is 6.07 Å². The molecule has 0 fully saturated rings. The minimum atomic E-state index is -3.89. The lowest BCUT2D eigenvalue weighted by Gasteiger charge is -2.25. The van der Waals surface area contributed by atoms with E-state index in [-0.39, 0.29) is 17.8 Å². The van der Waals surface area contributed by atoms with Crippen LogP contribution in [0.3, 0.4) is 0 Å². The molecule has 2 atom stereocenters. The van der Waals surface area contributed by atoms with Crippen LogP contribution in [0.15, 0.2) is 72.8 Å². The molecule has 8 heteroatoms. The van der Waals surface area contributed by atoms with Gasteiger partial charge in [-0.15, -0.1) is 0 Å². The first-order valence-electron chi connectivity index (χ1n) is 16.5. The number of esters is 1. The fraction of sp³-hybridized carbons (Fsp3) is 0.378. The number of benzene rings is 4. The van der Waals surface area contributed by atoms with E-state index in [4.69, 9.17) is 16.7 Å². The Hall–Kier alpha value is -3.80. The average molecular weight is 634 g/mol. The van der Waals surface area contributed by atoms with Crippen molar-refractivity contribution in [3.05, 3.63) is 101 Å². The summed E-state index contributed by atoms with van der Waals surface area (Å²) < 4.78 is 50.5. The molecule has 0 heterocycles. The number of nitrogens with one attached hydrogen (secondary N) is 1. The highest BCUT2D eigenvalue weighted by molar-refractivity contribution is 7.57. The number of carbonyl (C=O) groups excluding carboxylic acids is 1. The molecule has 0 aromatic heterocycles. The zero-order valence-electron chi connectivity index (χ0n) is 29.2. The van der Waals surface area contributed by atoms with Crippen molar-refractivity contribution in [2.75, 3.05) is 6.35 Å². The number of phenolic OH excluding ortho intramolecular Hbond substituents is 1. The van der Waals surface area contributed by atoms with E-state index in [0.29, 0.717) is 52.2 Å². The molecular formula is C37H46NO6P. The van der Waals surface area contributed by atoms with E-state index in [1.807, 2.05) is 64.1 Å². The van der Waals surface area contributed by atoms with E-state index in [1.54, 1.807) is 51.1 Å². The van der Waals surface area contributed by atoms with Crippen molar-refractivity contribution in [2.45, 2.75) is 85.7 Å². The van der Waals surface area contributed by atoms with Crippen molar-refractivity contribution in [2.24, 2.45) is 0 Å². The number of phenols is 1. The summed E-state index contributed by atoms with van der Waals surface area (Å²) >= 11 is 0. The number of rotatable bonds is 14. The van der Waals surface area contributed by atoms with Gasteiger partial charge in [-0.05, 0) is 103 Å². The van der Waals surface area contributed by atoms with Crippen LogP contribution in [0.5, 0.6) is 17.2 Å². The van der Waals surface area contributed by atoms with Crippen LogP contribution in [-0.4, -0.2) is 29.6 Å². The first kappa shape index (κ1) is 31.2. The Labute approximate surface area is 270 Å². The second-order valence-electron chi connectivity index (χ2n) is 11.7. The zero-order chi connectivity index (χ0) is 34.5. The summed E-state index contributed by atoms with van der Waals surface area (Å²) in [7, 11) is -3.89. The summed E-state index contributed by atoms with van der Waals surface area (Å²) in [5.41, 5.74) is 2.88. The molecule has 0 aliphatic carbocycles. The number of aromatic hydroxyl groups is 1. The standard InChI is InChI=1S/C37H46NO6P/c1-8-30(9-2)43-37(40)27(7)38-45(41,44-36-16-12-14-29-13-10-11-15-32(29)36)23-42-31-19-25(5)34(26(6)20-31)22-28-17-18-35(39)33(21-28)24(3)4/h10-21,24,27,30,39H,8-9,22-23H2,1-7H3,(H,38,41)/t27-,45+/m0/s1/i22D2. The van der Waals surface area contributed by atoms with Gasteiger partial charge in [0.2, 0.25) is 0 Å². The number of ether oxygens (including phenoxy) is 2. The molecule has 0 saturated heterocycles. The van der Waals surface area contributed by atoms with Gasteiger partial charge >= 0.3 is 13.5 Å². The summed E-state index contributed by atoms with van der Waals surface area (Å²) in [6.07, 6.45) is -1.17. The highest BCUT2D eigenvalue weighted by Crippen LogP contribution is 2.46. The molecule has 240 valence electrons. The number of carbonyl (C=O) groups is 1. The fourth-order valence-corrected chi connectivity index (χ4v) is 6.87. The van der Waals surface area contributed by atoms with Crippen molar-refractivity contribution >= 4 is 24.3 Å². The van der Waals surface area contributed by atoms with Crippen LogP contribution in [0, 0.1) is 13.8 Å². The molecule has 7 nitrogen and oxygen atoms in total. The summed E-state index contributed by atoms with van der Waals surface area (Å²) in [5, 5.41) is 14.9. The van der Waals surface area contributed by atoms with Gasteiger partial charge in [0.05, 0.1) is 0 Å². The number of aryl methyl sites for hydroxylation is 2. The lowest BCUT2D eigenvalue weighted by molar-refractivity contribution is -0.151. The fourth-order valence-electron chi connectivity index (χ4n) is 5.20. The van der Waals surface area contributed by atoms with Gasteiger partial charge in [-0.3, -0.25) is 9.36 Å². The van der Waals surface area contributed by atoms with Crippen LogP contribution in [0.4, 0.5) is 0 Å². The van der Waals surface area contributed by atoms with Crippen LogP contribution in [0.1, 0.15) is 83.9 Å². The summed E-state index contributed by atoms with van der Waals surface area (Å²) in [6, 6.07) is 20.4. The summed E-state index contributed by atoms with van der Waals surface area (Å²) in [4.78, 5) is 13.0. The molecule has 0 aliphatic rings. The lowest BCUT2D eigenvalue weighted by atomic mass is 9.93. The number of hydrogen-bond donors (Lipinski definition) is 2. The molecule has 4 aromatic rings. The monoisotopic (exact) mass is 633 g/mol. The molecule has 0 unspecified atom stereocenters. The SMILES string of the molecule is [2H]C([2H])(c1ccc(O)c(C(C)C)c1)c1c(C)cc(OC[P@](=O)(N[C@@H](C)C(=O)OC(CC)CC)Oc2cccc3ccccc23)cc1C. The van der Waals surface area contributed by atoms with Crippen molar-refractivity contribution in [1.82, 2.24) is 5.09 Å². The maximum atomic E-state index is 14.5. The third-order valence-electron chi connectivity index (χ3n) is 7.76. The Morgan fingerprint density at radius 3 is 2.29 bits per heavy atom. The van der Waals surface area contributed by atoms with Crippen molar-refractivity contribution in [3.8, 4) is 17.2 Å². The third-order valence-corrected chi connectivity index (χ3v) is 9.50. The van der Waals surface area contributed by atoms with Crippen LogP contribution in [-0.2, 0) is 20.5 Å². The molecule has 45 heavy (non-hydrogen) atoms. The van der Waals surface area contributed by atoms with Gasteiger partial charge in [0, 0.05) is 8.13 Å². The van der Waals surface area contributed by atoms with Gasteiger partial charge < -0.3 is 19.1 Å². The average Bonchev–Trinajstić information content (AvgIpc) is 3.02. The molecule has 2 N–H and O–H groups in total. The van der Waals surface area contributed by atoms with E-state index < -0.39 is 32.3 Å². The first-order valence-corrected chi connectivity index (χ1v) is 17.3. The van der Waals surface area contributed by atoms with Gasteiger partial charge in [-0.25, -0.2) is 5.09 Å². The van der Waals surface area contributed by atoms with Crippen LogP contribution in [0.25, 0.3) is 10.8 Å². The van der Waals surface area contributed by atoms with Gasteiger partial charge in [0.15, 0.2) is 6.35 Å². The molecule has 4 aromatic carbocycles. The van der Waals surface area contributed by atoms with Crippen LogP contribution >= 0.6 is 7.52 Å². The highest BCUT2D eigenvalue weighted by atomic mass is 31.2. The van der Waals surface area contributed by atoms with Gasteiger partial charge in [0.1, 0.15) is 29.4 Å². The quantitative estimate of drug-likeness (QED) is 0.106. The van der Waals surface area contributed by atoms with Crippen molar-refractivity contribution in [3.63, 3.8) is 0 Å². The van der Waals surface area contributed by atoms with Crippen LogP contribution in [0.2, 0.25) is 0 Å². The lowest BCUT2D eigenvalue weighted by Crippen LogP contribution is -2.37.